The van der Waals surface area contributed by atoms with Gasteiger partial charge in [0, 0.05) is 18.3 Å². The van der Waals surface area contributed by atoms with E-state index in [1.165, 1.54) is 0 Å². The van der Waals surface area contributed by atoms with Gasteiger partial charge in [0.1, 0.15) is 18.7 Å². The lowest BCUT2D eigenvalue weighted by Gasteiger charge is -2.02. The zero-order valence-corrected chi connectivity index (χ0v) is 10.1. The molecule has 2 rings (SSSR count). The van der Waals surface area contributed by atoms with Gasteiger partial charge < -0.3 is 0 Å². The van der Waals surface area contributed by atoms with Crippen LogP contribution in [0.15, 0.2) is 18.7 Å². The zero-order valence-electron chi connectivity index (χ0n) is 9.34. The molecule has 2 aromatic rings. The number of aromatic nitrogens is 5. The van der Waals surface area contributed by atoms with Crippen LogP contribution in [0.5, 0.6) is 0 Å². The van der Waals surface area contributed by atoms with Crippen LogP contribution in [0.25, 0.3) is 0 Å². The van der Waals surface area contributed by atoms with Crippen LogP contribution in [-0.4, -0.2) is 24.5 Å². The topological polar surface area (TPSA) is 48.5 Å². The van der Waals surface area contributed by atoms with Crippen LogP contribution in [-0.2, 0) is 13.1 Å². The van der Waals surface area contributed by atoms with E-state index in [0.717, 1.165) is 17.9 Å². The van der Waals surface area contributed by atoms with Crippen molar-refractivity contribution >= 4 is 11.6 Å². The average molecular weight is 240 g/mol. The number of hydrogen-bond acceptors (Lipinski definition) is 3. The van der Waals surface area contributed by atoms with Crippen LogP contribution in [0.3, 0.4) is 0 Å². The molecular formula is C10H14ClN5. The highest BCUT2D eigenvalue weighted by molar-refractivity contribution is 6.20. The third-order valence-corrected chi connectivity index (χ3v) is 2.66. The molecule has 0 fully saturated rings. The molecule has 16 heavy (non-hydrogen) atoms. The maximum absolute atomic E-state index is 5.97. The average Bonchev–Trinajstić information content (AvgIpc) is 2.87. The van der Waals surface area contributed by atoms with Gasteiger partial charge in [-0.2, -0.15) is 10.2 Å². The van der Waals surface area contributed by atoms with E-state index in [2.05, 4.69) is 15.2 Å². The minimum atomic E-state index is -0.0159. The first-order valence-electron chi connectivity index (χ1n) is 5.23. The van der Waals surface area contributed by atoms with Crippen molar-refractivity contribution < 1.29 is 0 Å². The van der Waals surface area contributed by atoms with Crippen molar-refractivity contribution in [2.75, 3.05) is 0 Å². The largest absolute Gasteiger partial charge is 0.265 e. The Labute approximate surface area is 99.1 Å². The molecule has 86 valence electrons. The van der Waals surface area contributed by atoms with Crippen molar-refractivity contribution in [2.24, 2.45) is 0 Å². The van der Waals surface area contributed by atoms with Gasteiger partial charge in [0.2, 0.25) is 0 Å². The first-order chi connectivity index (χ1) is 7.70. The molecule has 0 saturated heterocycles. The summed E-state index contributed by atoms with van der Waals surface area (Å²) < 4.78 is 3.68. The summed E-state index contributed by atoms with van der Waals surface area (Å²) in [6.45, 7) is 5.40. The molecule has 0 amide bonds. The molecule has 0 aromatic carbocycles. The first-order valence-corrected chi connectivity index (χ1v) is 5.67. The molecule has 0 bridgehead atoms. The van der Waals surface area contributed by atoms with E-state index >= 15 is 0 Å². The van der Waals surface area contributed by atoms with Gasteiger partial charge in [-0.05, 0) is 13.8 Å². The van der Waals surface area contributed by atoms with Crippen LogP contribution in [0.2, 0.25) is 0 Å². The molecule has 1 atom stereocenters. The quantitative estimate of drug-likeness (QED) is 0.765. The Morgan fingerprint density at radius 1 is 1.44 bits per heavy atom. The summed E-state index contributed by atoms with van der Waals surface area (Å²) in [6.07, 6.45) is 5.28. The highest BCUT2D eigenvalue weighted by atomic mass is 35.5. The van der Waals surface area contributed by atoms with Crippen molar-refractivity contribution in [3.05, 3.63) is 30.1 Å². The number of nitrogens with zero attached hydrogens (tertiary/aromatic N) is 5. The number of rotatable bonds is 4. The van der Waals surface area contributed by atoms with Crippen LogP contribution in [0.4, 0.5) is 0 Å². The summed E-state index contributed by atoms with van der Waals surface area (Å²) in [5.74, 6) is 0.902. The highest BCUT2D eigenvalue weighted by Gasteiger charge is 2.07. The summed E-state index contributed by atoms with van der Waals surface area (Å²) >= 11 is 5.97. The van der Waals surface area contributed by atoms with E-state index in [1.807, 2.05) is 29.4 Å². The van der Waals surface area contributed by atoms with Crippen LogP contribution in [0.1, 0.15) is 30.6 Å². The van der Waals surface area contributed by atoms with Gasteiger partial charge in [0.05, 0.1) is 11.6 Å². The molecule has 0 radical (unpaired) electrons. The number of alkyl halides is 1. The monoisotopic (exact) mass is 239 g/mol. The SMILES string of the molecule is CCn1ncnc1Cn1cc(C(C)Cl)cn1. The molecule has 0 aliphatic carbocycles. The predicted molar refractivity (Wildman–Crippen MR) is 61.3 cm³/mol. The third kappa shape index (κ3) is 2.24. The molecule has 6 heteroatoms. The standard InChI is InChI=1S/C10H14ClN5/c1-3-16-10(12-7-14-16)6-15-5-9(4-13-15)8(2)11/h4-5,7-8H,3,6H2,1-2H3. The molecule has 0 aliphatic heterocycles. The fourth-order valence-corrected chi connectivity index (χ4v) is 1.60. The second kappa shape index (κ2) is 4.65. The zero-order chi connectivity index (χ0) is 11.5. The van der Waals surface area contributed by atoms with Crippen molar-refractivity contribution in [1.29, 1.82) is 0 Å². The van der Waals surface area contributed by atoms with Crippen molar-refractivity contribution in [3.8, 4) is 0 Å². The van der Waals surface area contributed by atoms with Crippen molar-refractivity contribution in [3.63, 3.8) is 0 Å². The van der Waals surface area contributed by atoms with Crippen LogP contribution in [0, 0.1) is 0 Å². The smallest absolute Gasteiger partial charge is 0.148 e. The number of aryl methyl sites for hydroxylation is 1. The lowest BCUT2D eigenvalue weighted by atomic mass is 10.3. The molecule has 0 spiro atoms. The highest BCUT2D eigenvalue weighted by Crippen LogP contribution is 2.17. The maximum atomic E-state index is 5.97. The van der Waals surface area contributed by atoms with Gasteiger partial charge in [-0.15, -0.1) is 11.6 Å². The van der Waals surface area contributed by atoms with Crippen LogP contribution >= 0.6 is 11.6 Å². The Bertz CT molecular complexity index is 459. The van der Waals surface area contributed by atoms with Gasteiger partial charge in [-0.25, -0.2) is 9.67 Å². The summed E-state index contributed by atoms with van der Waals surface area (Å²) in [7, 11) is 0. The minimum Gasteiger partial charge on any atom is -0.265 e. The second-order valence-electron chi connectivity index (χ2n) is 3.58. The van der Waals surface area contributed by atoms with Crippen molar-refractivity contribution in [1.82, 2.24) is 24.5 Å². The Balaban J connectivity index is 2.14. The summed E-state index contributed by atoms with van der Waals surface area (Å²) in [5, 5.41) is 8.33. The Hall–Kier alpha value is -1.36. The number of halogens is 1. The van der Waals surface area contributed by atoms with E-state index in [-0.39, 0.29) is 5.38 Å². The molecule has 5 nitrogen and oxygen atoms in total. The molecular weight excluding hydrogens is 226 g/mol. The Kier molecular flexibility index (Phi) is 3.24. The third-order valence-electron chi connectivity index (χ3n) is 2.41. The van der Waals surface area contributed by atoms with Gasteiger partial charge >= 0.3 is 0 Å². The molecule has 2 aromatic heterocycles. The Morgan fingerprint density at radius 2 is 2.25 bits per heavy atom. The lowest BCUT2D eigenvalue weighted by Crippen LogP contribution is -2.09. The van der Waals surface area contributed by atoms with Gasteiger partial charge in [0.25, 0.3) is 0 Å². The summed E-state index contributed by atoms with van der Waals surface area (Å²) in [4.78, 5) is 4.19. The molecule has 1 unspecified atom stereocenters. The van der Waals surface area contributed by atoms with Gasteiger partial charge in [-0.1, -0.05) is 0 Å². The summed E-state index contributed by atoms with van der Waals surface area (Å²) in [6, 6.07) is 0. The van der Waals surface area contributed by atoms with Gasteiger partial charge in [0.15, 0.2) is 0 Å². The van der Waals surface area contributed by atoms with Crippen molar-refractivity contribution in [2.45, 2.75) is 32.3 Å². The molecule has 0 saturated carbocycles. The van der Waals surface area contributed by atoms with E-state index in [4.69, 9.17) is 11.6 Å². The summed E-state index contributed by atoms with van der Waals surface area (Å²) in [5.41, 5.74) is 1.02. The predicted octanol–water partition coefficient (Wildman–Crippen LogP) is 1.84. The Morgan fingerprint density at radius 3 is 2.88 bits per heavy atom. The van der Waals surface area contributed by atoms with Gasteiger partial charge in [-0.3, -0.25) is 4.68 Å². The number of hydrogen-bond donors (Lipinski definition) is 0. The second-order valence-corrected chi connectivity index (χ2v) is 4.23. The van der Waals surface area contributed by atoms with E-state index in [0.29, 0.717) is 6.54 Å². The maximum Gasteiger partial charge on any atom is 0.148 e. The normalized spacial score (nSPS) is 12.9. The van der Waals surface area contributed by atoms with E-state index < -0.39 is 0 Å². The molecule has 0 N–H and O–H groups in total. The van der Waals surface area contributed by atoms with E-state index in [9.17, 15) is 0 Å². The fourth-order valence-electron chi connectivity index (χ4n) is 1.49. The lowest BCUT2D eigenvalue weighted by molar-refractivity contribution is 0.567. The fraction of sp³-hybridized carbons (Fsp3) is 0.500. The van der Waals surface area contributed by atoms with E-state index in [1.54, 1.807) is 12.5 Å². The van der Waals surface area contributed by atoms with Crippen LogP contribution < -0.4 is 0 Å². The minimum absolute atomic E-state index is 0.0159. The first kappa shape index (κ1) is 11.1. The molecule has 2 heterocycles. The molecule has 0 aliphatic rings.